The van der Waals surface area contributed by atoms with Crippen molar-refractivity contribution >= 4 is 5.97 Å². The summed E-state index contributed by atoms with van der Waals surface area (Å²) in [5, 5.41) is 22.9. The first kappa shape index (κ1) is 12.2. The van der Waals surface area contributed by atoms with Gasteiger partial charge in [-0.3, -0.25) is 4.68 Å². The minimum absolute atomic E-state index is 0.151. The average molecular weight is 246 g/mol. The lowest BCUT2D eigenvalue weighted by atomic mass is 10.0. The third-order valence-corrected chi connectivity index (χ3v) is 2.91. The Morgan fingerprint density at radius 1 is 1.33 bits per heavy atom. The molecular formula is C13H14N2O3. The molecule has 1 heterocycles. The molecule has 0 unspecified atom stereocenters. The zero-order valence-corrected chi connectivity index (χ0v) is 10.4. The van der Waals surface area contributed by atoms with E-state index in [2.05, 4.69) is 5.10 Å². The fourth-order valence-corrected chi connectivity index (χ4v) is 2.06. The van der Waals surface area contributed by atoms with E-state index in [1.165, 1.54) is 4.68 Å². The Balaban J connectivity index is 2.70. The predicted molar refractivity (Wildman–Crippen MR) is 66.7 cm³/mol. The van der Waals surface area contributed by atoms with Crippen LogP contribution in [-0.4, -0.2) is 26.0 Å². The van der Waals surface area contributed by atoms with Crippen LogP contribution in [0.4, 0.5) is 0 Å². The van der Waals surface area contributed by atoms with Gasteiger partial charge in [-0.25, -0.2) is 4.79 Å². The van der Waals surface area contributed by atoms with Gasteiger partial charge in [-0.1, -0.05) is 6.07 Å². The van der Waals surface area contributed by atoms with Gasteiger partial charge in [0.05, 0.1) is 5.69 Å². The van der Waals surface area contributed by atoms with E-state index < -0.39 is 5.97 Å². The Kier molecular flexibility index (Phi) is 2.82. The summed E-state index contributed by atoms with van der Waals surface area (Å²) in [7, 11) is 1.60. The molecule has 0 aliphatic heterocycles. The number of phenols is 1. The molecule has 1 aromatic heterocycles. The summed E-state index contributed by atoms with van der Waals surface area (Å²) in [6.07, 6.45) is 0. The molecule has 0 aliphatic rings. The number of aromatic carboxylic acids is 1. The van der Waals surface area contributed by atoms with Crippen molar-refractivity contribution in [3.8, 4) is 16.9 Å². The quantitative estimate of drug-likeness (QED) is 0.851. The van der Waals surface area contributed by atoms with Crippen LogP contribution >= 0.6 is 0 Å². The van der Waals surface area contributed by atoms with Crippen molar-refractivity contribution in [2.75, 3.05) is 0 Å². The molecule has 0 amide bonds. The van der Waals surface area contributed by atoms with Crippen LogP contribution in [0.15, 0.2) is 18.2 Å². The largest absolute Gasteiger partial charge is 0.508 e. The summed E-state index contributed by atoms with van der Waals surface area (Å²) in [5.74, 6) is -0.823. The van der Waals surface area contributed by atoms with E-state index in [0.29, 0.717) is 16.8 Å². The van der Waals surface area contributed by atoms with Crippen molar-refractivity contribution in [3.63, 3.8) is 0 Å². The highest BCUT2D eigenvalue weighted by Crippen LogP contribution is 2.30. The van der Waals surface area contributed by atoms with Crippen LogP contribution in [-0.2, 0) is 7.05 Å². The van der Waals surface area contributed by atoms with Crippen LogP contribution in [0.3, 0.4) is 0 Å². The second kappa shape index (κ2) is 4.18. The zero-order chi connectivity index (χ0) is 13.4. The van der Waals surface area contributed by atoms with Gasteiger partial charge in [0.25, 0.3) is 0 Å². The predicted octanol–water partition coefficient (Wildman–Crippen LogP) is 2.11. The Labute approximate surface area is 104 Å². The van der Waals surface area contributed by atoms with E-state index in [4.69, 9.17) is 0 Å². The molecule has 2 N–H and O–H groups in total. The van der Waals surface area contributed by atoms with Gasteiger partial charge < -0.3 is 10.2 Å². The first-order valence-corrected chi connectivity index (χ1v) is 5.48. The van der Waals surface area contributed by atoms with Crippen molar-refractivity contribution < 1.29 is 15.0 Å². The summed E-state index contributed by atoms with van der Waals surface area (Å²) >= 11 is 0. The molecule has 0 fully saturated rings. The van der Waals surface area contributed by atoms with E-state index in [1.807, 2.05) is 0 Å². The third-order valence-electron chi connectivity index (χ3n) is 2.91. The molecule has 5 heteroatoms. The van der Waals surface area contributed by atoms with Crippen molar-refractivity contribution in [2.45, 2.75) is 13.8 Å². The zero-order valence-electron chi connectivity index (χ0n) is 10.4. The average Bonchev–Trinajstić information content (AvgIpc) is 2.57. The van der Waals surface area contributed by atoms with Crippen LogP contribution in [0.25, 0.3) is 11.1 Å². The van der Waals surface area contributed by atoms with E-state index in [-0.39, 0.29) is 11.4 Å². The van der Waals surface area contributed by atoms with Crippen LogP contribution in [0, 0.1) is 13.8 Å². The maximum absolute atomic E-state index is 11.3. The molecule has 0 atom stereocenters. The molecule has 18 heavy (non-hydrogen) atoms. The van der Waals surface area contributed by atoms with Crippen molar-refractivity contribution in [1.29, 1.82) is 0 Å². The van der Waals surface area contributed by atoms with Crippen LogP contribution < -0.4 is 0 Å². The molecule has 0 saturated carbocycles. The Morgan fingerprint density at radius 2 is 2.00 bits per heavy atom. The second-order valence-electron chi connectivity index (χ2n) is 4.24. The first-order valence-electron chi connectivity index (χ1n) is 5.48. The SMILES string of the molecule is Cc1cc(-c2c(C)nn(C)c2C(=O)O)ccc1O. The number of aromatic nitrogens is 2. The van der Waals surface area contributed by atoms with Gasteiger partial charge in [-0.15, -0.1) is 0 Å². The molecule has 0 bridgehead atoms. The molecule has 2 aromatic rings. The smallest absolute Gasteiger partial charge is 0.354 e. The highest BCUT2D eigenvalue weighted by atomic mass is 16.4. The van der Waals surface area contributed by atoms with Gasteiger partial charge >= 0.3 is 5.97 Å². The number of carboxylic acid groups (broad SMARTS) is 1. The number of rotatable bonds is 2. The van der Waals surface area contributed by atoms with Gasteiger partial charge in [-0.2, -0.15) is 5.10 Å². The number of hydrogen-bond acceptors (Lipinski definition) is 3. The molecule has 0 spiro atoms. The summed E-state index contributed by atoms with van der Waals surface area (Å²) in [4.78, 5) is 11.3. The van der Waals surface area contributed by atoms with Crippen LogP contribution in [0.2, 0.25) is 0 Å². The first-order chi connectivity index (χ1) is 8.41. The third kappa shape index (κ3) is 1.84. The van der Waals surface area contributed by atoms with Gasteiger partial charge in [0.15, 0.2) is 5.69 Å². The standard InChI is InChI=1S/C13H14N2O3/c1-7-6-9(4-5-10(7)16)11-8(2)14-15(3)12(11)13(17)18/h4-6,16H,1-3H3,(H,17,18). The molecular weight excluding hydrogens is 232 g/mol. The number of phenolic OH excluding ortho intramolecular Hbond substituents is 1. The highest BCUT2D eigenvalue weighted by Gasteiger charge is 2.20. The van der Waals surface area contributed by atoms with Gasteiger partial charge in [-0.05, 0) is 37.1 Å². The van der Waals surface area contributed by atoms with E-state index in [0.717, 1.165) is 5.56 Å². The number of aromatic hydroxyl groups is 1. The Bertz CT molecular complexity index is 629. The summed E-state index contributed by atoms with van der Waals surface area (Å²) in [5.41, 5.74) is 2.84. The van der Waals surface area contributed by atoms with E-state index in [9.17, 15) is 15.0 Å². The summed E-state index contributed by atoms with van der Waals surface area (Å²) in [6, 6.07) is 5.01. The van der Waals surface area contributed by atoms with Gasteiger partial charge in [0.1, 0.15) is 5.75 Å². The molecule has 0 saturated heterocycles. The monoisotopic (exact) mass is 246 g/mol. The van der Waals surface area contributed by atoms with Gasteiger partial charge in [0.2, 0.25) is 0 Å². The Hall–Kier alpha value is -2.30. The fraction of sp³-hybridized carbons (Fsp3) is 0.231. The Morgan fingerprint density at radius 3 is 2.56 bits per heavy atom. The molecule has 5 nitrogen and oxygen atoms in total. The maximum atomic E-state index is 11.3. The second-order valence-corrected chi connectivity index (χ2v) is 4.24. The maximum Gasteiger partial charge on any atom is 0.354 e. The number of benzene rings is 1. The molecule has 94 valence electrons. The topological polar surface area (TPSA) is 75.4 Å². The highest BCUT2D eigenvalue weighted by molar-refractivity contribution is 5.95. The van der Waals surface area contributed by atoms with Gasteiger partial charge in [0, 0.05) is 12.6 Å². The van der Waals surface area contributed by atoms with E-state index in [1.54, 1.807) is 39.1 Å². The molecule has 2 rings (SSSR count). The summed E-state index contributed by atoms with van der Waals surface area (Å²) in [6.45, 7) is 3.54. The van der Waals surface area contributed by atoms with Crippen LogP contribution in [0.1, 0.15) is 21.7 Å². The minimum atomic E-state index is -1.01. The minimum Gasteiger partial charge on any atom is -0.508 e. The number of carbonyl (C=O) groups is 1. The summed E-state index contributed by atoms with van der Waals surface area (Å²) < 4.78 is 1.36. The normalized spacial score (nSPS) is 10.6. The number of carboxylic acids is 1. The lowest BCUT2D eigenvalue weighted by Gasteiger charge is -2.05. The number of nitrogens with zero attached hydrogens (tertiary/aromatic N) is 2. The fourth-order valence-electron chi connectivity index (χ4n) is 2.06. The van der Waals surface area contributed by atoms with Crippen molar-refractivity contribution in [1.82, 2.24) is 9.78 Å². The molecule has 0 aliphatic carbocycles. The lowest BCUT2D eigenvalue weighted by molar-refractivity contribution is 0.0686. The van der Waals surface area contributed by atoms with E-state index >= 15 is 0 Å². The van der Waals surface area contributed by atoms with Crippen LogP contribution in [0.5, 0.6) is 5.75 Å². The van der Waals surface area contributed by atoms with Crippen molar-refractivity contribution in [2.24, 2.45) is 7.05 Å². The number of aryl methyl sites for hydroxylation is 3. The van der Waals surface area contributed by atoms with Crippen molar-refractivity contribution in [3.05, 3.63) is 35.2 Å². The molecule has 1 aromatic carbocycles. The lowest BCUT2D eigenvalue weighted by Crippen LogP contribution is -2.06. The molecule has 0 radical (unpaired) electrons. The number of hydrogen-bond donors (Lipinski definition) is 2.